The molecule has 0 unspecified atom stereocenters. The van der Waals surface area contributed by atoms with Crippen LogP contribution in [0.1, 0.15) is 38.3 Å². The van der Waals surface area contributed by atoms with Crippen LogP contribution in [0.3, 0.4) is 0 Å². The van der Waals surface area contributed by atoms with Gasteiger partial charge in [-0.3, -0.25) is 9.69 Å². The third-order valence-electron chi connectivity index (χ3n) is 4.59. The third-order valence-corrected chi connectivity index (χ3v) is 5.24. The number of carbonyl (C=O) groups is 3. The molecule has 1 heterocycles. The summed E-state index contributed by atoms with van der Waals surface area (Å²) in [7, 11) is 1.30. The first-order chi connectivity index (χ1) is 13.7. The van der Waals surface area contributed by atoms with E-state index in [1.807, 2.05) is 30.5 Å². The fraction of sp³-hybridized carbons (Fsp3) is 0.571. The first kappa shape index (κ1) is 23.1. The number of carbonyl (C=O) groups excluding carboxylic acids is 3. The van der Waals surface area contributed by atoms with E-state index < -0.39 is 29.7 Å². The van der Waals surface area contributed by atoms with Gasteiger partial charge < -0.3 is 14.8 Å². The molecule has 0 aromatic heterocycles. The zero-order valence-electron chi connectivity index (χ0n) is 17.7. The molecule has 0 spiro atoms. The van der Waals surface area contributed by atoms with Crippen LogP contribution in [-0.4, -0.2) is 59.7 Å². The number of nitrogens with zero attached hydrogens (tertiary/aromatic N) is 1. The Kier molecular flexibility index (Phi) is 7.96. The largest absolute Gasteiger partial charge is 0.467 e. The van der Waals surface area contributed by atoms with Gasteiger partial charge in [-0.25, -0.2) is 9.59 Å². The van der Waals surface area contributed by atoms with E-state index in [0.717, 1.165) is 11.1 Å². The van der Waals surface area contributed by atoms with Crippen LogP contribution < -0.4 is 5.32 Å². The third kappa shape index (κ3) is 6.39. The molecule has 0 fully saturated rings. The molecular formula is C21H30N2O5S. The van der Waals surface area contributed by atoms with Crippen LogP contribution in [0.25, 0.3) is 0 Å². The molecule has 1 aromatic rings. The van der Waals surface area contributed by atoms with Gasteiger partial charge >= 0.3 is 12.1 Å². The van der Waals surface area contributed by atoms with E-state index in [9.17, 15) is 14.4 Å². The van der Waals surface area contributed by atoms with Gasteiger partial charge in [0.15, 0.2) is 0 Å². The van der Waals surface area contributed by atoms with E-state index in [4.69, 9.17) is 9.47 Å². The minimum atomic E-state index is -0.763. The zero-order chi connectivity index (χ0) is 21.6. The standard InChI is InChI=1S/C21H30N2O5S/c1-21(2,3)28-20(26)23-13-15-9-7-6-8-14(15)12-17(23)18(24)22-16(10-11-29-5)19(25)27-4/h6-9,16-17H,10-13H2,1-5H3,(H,22,24)/t16-,17-/m0/s1. The van der Waals surface area contributed by atoms with Crippen molar-refractivity contribution in [3.8, 4) is 0 Å². The van der Waals surface area contributed by atoms with Gasteiger partial charge in [0.25, 0.3) is 0 Å². The molecular weight excluding hydrogens is 392 g/mol. The van der Waals surface area contributed by atoms with Crippen molar-refractivity contribution < 1.29 is 23.9 Å². The Bertz CT molecular complexity index is 747. The van der Waals surface area contributed by atoms with Crippen molar-refractivity contribution in [1.82, 2.24) is 10.2 Å². The Morgan fingerprint density at radius 3 is 2.48 bits per heavy atom. The lowest BCUT2D eigenvalue weighted by Crippen LogP contribution is -2.56. The van der Waals surface area contributed by atoms with E-state index in [2.05, 4.69) is 5.32 Å². The first-order valence-electron chi connectivity index (χ1n) is 9.59. The number of rotatable bonds is 6. The highest BCUT2D eigenvalue weighted by Gasteiger charge is 2.38. The monoisotopic (exact) mass is 422 g/mol. The predicted molar refractivity (Wildman–Crippen MR) is 113 cm³/mol. The van der Waals surface area contributed by atoms with Gasteiger partial charge in [0.1, 0.15) is 17.7 Å². The summed E-state index contributed by atoms with van der Waals surface area (Å²) in [4.78, 5) is 39.4. The summed E-state index contributed by atoms with van der Waals surface area (Å²) in [5.41, 5.74) is 1.31. The van der Waals surface area contributed by atoms with Crippen LogP contribution in [0, 0.1) is 0 Å². The van der Waals surface area contributed by atoms with Gasteiger partial charge in [0.05, 0.1) is 13.7 Å². The number of ether oxygens (including phenoxy) is 2. The van der Waals surface area contributed by atoms with Gasteiger partial charge in [0, 0.05) is 6.42 Å². The van der Waals surface area contributed by atoms with Gasteiger partial charge in [-0.15, -0.1) is 0 Å². The molecule has 1 aliphatic heterocycles. The summed E-state index contributed by atoms with van der Waals surface area (Å²) in [6.45, 7) is 5.63. The minimum Gasteiger partial charge on any atom is -0.467 e. The molecule has 0 radical (unpaired) electrons. The number of fused-ring (bicyclic) bond motifs is 1. The molecule has 2 atom stereocenters. The van der Waals surface area contributed by atoms with Gasteiger partial charge in [0.2, 0.25) is 5.91 Å². The lowest BCUT2D eigenvalue weighted by Gasteiger charge is -2.37. The van der Waals surface area contributed by atoms with Crippen molar-refractivity contribution in [3.05, 3.63) is 35.4 Å². The molecule has 0 bridgehead atoms. The maximum absolute atomic E-state index is 13.1. The summed E-state index contributed by atoms with van der Waals surface area (Å²) >= 11 is 1.58. The number of esters is 1. The van der Waals surface area contributed by atoms with Crippen molar-refractivity contribution >= 4 is 29.7 Å². The first-order valence-corrected chi connectivity index (χ1v) is 11.0. The van der Waals surface area contributed by atoms with Crippen molar-refractivity contribution in [3.63, 3.8) is 0 Å². The Balaban J connectivity index is 2.25. The number of thioether (sulfide) groups is 1. The molecule has 2 amide bonds. The Labute approximate surface area is 176 Å². The van der Waals surface area contributed by atoms with E-state index >= 15 is 0 Å². The maximum Gasteiger partial charge on any atom is 0.411 e. The second-order valence-electron chi connectivity index (χ2n) is 7.96. The minimum absolute atomic E-state index is 0.275. The molecule has 160 valence electrons. The molecule has 0 saturated heterocycles. The average molecular weight is 423 g/mol. The molecule has 1 N–H and O–H groups in total. The molecule has 2 rings (SSSR count). The van der Waals surface area contributed by atoms with Crippen molar-refractivity contribution in [2.45, 2.75) is 57.8 Å². The van der Waals surface area contributed by atoms with Crippen LogP contribution in [0.15, 0.2) is 24.3 Å². The molecule has 7 nitrogen and oxygen atoms in total. The van der Waals surface area contributed by atoms with Crippen molar-refractivity contribution in [1.29, 1.82) is 0 Å². The fourth-order valence-corrected chi connectivity index (χ4v) is 3.64. The molecule has 1 aliphatic rings. The molecule has 1 aromatic carbocycles. The molecule has 29 heavy (non-hydrogen) atoms. The summed E-state index contributed by atoms with van der Waals surface area (Å²) < 4.78 is 10.3. The normalized spacial score (nSPS) is 17.1. The summed E-state index contributed by atoms with van der Waals surface area (Å²) in [6, 6.07) is 6.19. The van der Waals surface area contributed by atoms with Crippen LogP contribution in [-0.2, 0) is 32.0 Å². The molecule has 8 heteroatoms. The van der Waals surface area contributed by atoms with E-state index in [1.54, 1.807) is 32.5 Å². The van der Waals surface area contributed by atoms with Crippen LogP contribution >= 0.6 is 11.8 Å². The summed E-state index contributed by atoms with van der Waals surface area (Å²) in [6.07, 6.45) is 2.19. The Hall–Kier alpha value is -2.22. The van der Waals surface area contributed by atoms with Crippen molar-refractivity contribution in [2.24, 2.45) is 0 Å². The van der Waals surface area contributed by atoms with Gasteiger partial charge in [-0.2, -0.15) is 11.8 Å². The van der Waals surface area contributed by atoms with Gasteiger partial charge in [-0.05, 0) is 50.3 Å². The second kappa shape index (κ2) is 10.0. The predicted octanol–water partition coefficient (Wildman–Crippen LogP) is 2.76. The Morgan fingerprint density at radius 1 is 1.24 bits per heavy atom. The quantitative estimate of drug-likeness (QED) is 0.710. The highest BCUT2D eigenvalue weighted by molar-refractivity contribution is 7.98. The second-order valence-corrected chi connectivity index (χ2v) is 8.95. The van der Waals surface area contributed by atoms with E-state index in [1.165, 1.54) is 12.0 Å². The number of hydrogen-bond donors (Lipinski definition) is 1. The number of amides is 2. The SMILES string of the molecule is COC(=O)[C@H](CCSC)NC(=O)[C@@H]1Cc2ccccc2CN1C(=O)OC(C)(C)C. The van der Waals surface area contributed by atoms with Crippen molar-refractivity contribution in [2.75, 3.05) is 19.1 Å². The average Bonchev–Trinajstić information content (AvgIpc) is 2.67. The van der Waals surface area contributed by atoms with E-state index in [0.29, 0.717) is 18.6 Å². The number of benzene rings is 1. The molecule has 0 saturated carbocycles. The number of nitrogens with one attached hydrogen (secondary N) is 1. The van der Waals surface area contributed by atoms with E-state index in [-0.39, 0.29) is 12.5 Å². The zero-order valence-corrected chi connectivity index (χ0v) is 18.5. The molecule has 0 aliphatic carbocycles. The lowest BCUT2D eigenvalue weighted by atomic mass is 9.93. The smallest absolute Gasteiger partial charge is 0.411 e. The number of hydrogen-bond acceptors (Lipinski definition) is 6. The van der Waals surface area contributed by atoms with Gasteiger partial charge in [-0.1, -0.05) is 24.3 Å². The highest BCUT2D eigenvalue weighted by atomic mass is 32.2. The fourth-order valence-electron chi connectivity index (χ4n) is 3.16. The summed E-state index contributed by atoms with van der Waals surface area (Å²) in [5, 5.41) is 2.77. The van der Waals surface area contributed by atoms with Crippen LogP contribution in [0.5, 0.6) is 0 Å². The lowest BCUT2D eigenvalue weighted by molar-refractivity contribution is -0.145. The van der Waals surface area contributed by atoms with Crippen LogP contribution in [0.2, 0.25) is 0 Å². The van der Waals surface area contributed by atoms with Crippen LogP contribution in [0.4, 0.5) is 4.79 Å². The summed E-state index contributed by atoms with van der Waals surface area (Å²) in [5.74, 6) is -0.183. The maximum atomic E-state index is 13.1. The number of methoxy groups -OCH3 is 1. The Morgan fingerprint density at radius 2 is 1.90 bits per heavy atom. The topological polar surface area (TPSA) is 84.9 Å². The highest BCUT2D eigenvalue weighted by Crippen LogP contribution is 2.25.